The van der Waals surface area contributed by atoms with Gasteiger partial charge in [0, 0.05) is 0 Å². The second-order valence-electron chi connectivity index (χ2n) is 3.05. The number of carbonyl (C=O) groups is 1. The fourth-order valence-electron chi connectivity index (χ4n) is 1.13. The summed E-state index contributed by atoms with van der Waals surface area (Å²) in [7, 11) is 0. The number of carbonyl (C=O) groups excluding carboxylic acids is 1. The van der Waals surface area contributed by atoms with Crippen molar-refractivity contribution in [3.63, 3.8) is 0 Å². The molecule has 0 spiro atoms. The lowest BCUT2D eigenvalue weighted by molar-refractivity contribution is 0.102. The number of nitrogens with zero attached hydrogens (tertiary/aromatic N) is 1. The first kappa shape index (κ1) is 11.2. The summed E-state index contributed by atoms with van der Waals surface area (Å²) in [5.41, 5.74) is -0.578. The fourth-order valence-corrected chi connectivity index (χ4v) is 1.13. The Hall–Kier alpha value is -2.31. The Labute approximate surface area is 93.1 Å². The molecule has 1 heterocycles. The van der Waals surface area contributed by atoms with Crippen molar-refractivity contribution in [3.8, 4) is 0 Å². The van der Waals surface area contributed by atoms with Crippen LogP contribution in [-0.2, 0) is 0 Å². The van der Waals surface area contributed by atoms with E-state index in [-0.39, 0.29) is 5.69 Å². The van der Waals surface area contributed by atoms with E-state index in [1.54, 1.807) is 0 Å². The Bertz CT molecular complexity index is 555. The number of rotatable bonds is 2. The third-order valence-electron chi connectivity index (χ3n) is 1.95. The van der Waals surface area contributed by atoms with E-state index in [1.807, 2.05) is 5.32 Å². The van der Waals surface area contributed by atoms with Gasteiger partial charge in [-0.2, -0.15) is 0 Å². The average Bonchev–Trinajstić information content (AvgIpc) is 2.83. The van der Waals surface area contributed by atoms with Crippen molar-refractivity contribution in [2.75, 3.05) is 5.32 Å². The van der Waals surface area contributed by atoms with Gasteiger partial charge in [-0.3, -0.25) is 4.79 Å². The van der Waals surface area contributed by atoms with Gasteiger partial charge < -0.3 is 9.73 Å². The zero-order valence-corrected chi connectivity index (χ0v) is 8.21. The lowest BCUT2D eigenvalue weighted by atomic mass is 10.2. The van der Waals surface area contributed by atoms with Crippen molar-refractivity contribution in [1.29, 1.82) is 0 Å². The molecule has 7 heteroatoms. The van der Waals surface area contributed by atoms with Crippen molar-refractivity contribution in [2.24, 2.45) is 0 Å². The quantitative estimate of drug-likeness (QED) is 0.822. The maximum Gasteiger partial charge on any atom is 0.277 e. The van der Waals surface area contributed by atoms with Crippen molar-refractivity contribution < 1.29 is 22.4 Å². The van der Waals surface area contributed by atoms with E-state index in [2.05, 4.69) is 9.40 Å². The highest BCUT2D eigenvalue weighted by atomic mass is 19.2. The van der Waals surface area contributed by atoms with Crippen LogP contribution < -0.4 is 5.32 Å². The van der Waals surface area contributed by atoms with Gasteiger partial charge >= 0.3 is 0 Å². The molecule has 1 aromatic heterocycles. The standard InChI is InChI=1S/C10H5F3N2O2/c11-5-1-2-6(9(13)8(5)12)15-10(16)7-3-17-4-14-7/h1-4H,(H,15,16). The van der Waals surface area contributed by atoms with Crippen molar-refractivity contribution in [3.05, 3.63) is 47.9 Å². The zero-order chi connectivity index (χ0) is 12.4. The third kappa shape index (κ3) is 2.12. The van der Waals surface area contributed by atoms with Gasteiger partial charge in [0.15, 0.2) is 29.5 Å². The molecule has 0 aliphatic rings. The predicted octanol–water partition coefficient (Wildman–Crippen LogP) is 2.34. The van der Waals surface area contributed by atoms with Gasteiger partial charge in [-0.05, 0) is 12.1 Å². The first-order valence-corrected chi connectivity index (χ1v) is 4.42. The van der Waals surface area contributed by atoms with Gasteiger partial charge in [-0.15, -0.1) is 0 Å². The summed E-state index contributed by atoms with van der Waals surface area (Å²) < 4.78 is 43.2. The van der Waals surface area contributed by atoms with Gasteiger partial charge in [-0.1, -0.05) is 0 Å². The summed E-state index contributed by atoms with van der Waals surface area (Å²) in [6, 6.07) is 1.61. The Kier molecular flexibility index (Phi) is 2.82. The van der Waals surface area contributed by atoms with E-state index in [4.69, 9.17) is 0 Å². The molecule has 0 saturated carbocycles. The van der Waals surface area contributed by atoms with E-state index >= 15 is 0 Å². The number of hydrogen-bond acceptors (Lipinski definition) is 3. The summed E-state index contributed by atoms with van der Waals surface area (Å²) in [6.45, 7) is 0. The van der Waals surface area contributed by atoms with Crippen molar-refractivity contribution >= 4 is 11.6 Å². The highest BCUT2D eigenvalue weighted by molar-refractivity contribution is 6.02. The second-order valence-corrected chi connectivity index (χ2v) is 3.05. The van der Waals surface area contributed by atoms with Crippen LogP contribution in [0.25, 0.3) is 0 Å². The highest BCUT2D eigenvalue weighted by Gasteiger charge is 2.16. The number of benzene rings is 1. The Morgan fingerprint density at radius 2 is 2.00 bits per heavy atom. The van der Waals surface area contributed by atoms with Gasteiger partial charge in [0.05, 0.1) is 5.69 Å². The van der Waals surface area contributed by atoms with Gasteiger partial charge in [0.2, 0.25) is 0 Å². The summed E-state index contributed by atoms with van der Waals surface area (Å²) in [6.07, 6.45) is 2.05. The molecular weight excluding hydrogens is 237 g/mol. The van der Waals surface area contributed by atoms with E-state index in [0.717, 1.165) is 18.7 Å². The molecule has 1 amide bonds. The fraction of sp³-hybridized carbons (Fsp3) is 0. The smallest absolute Gasteiger partial charge is 0.277 e. The summed E-state index contributed by atoms with van der Waals surface area (Å²) in [5.74, 6) is -5.24. The van der Waals surface area contributed by atoms with Crippen LogP contribution in [0.5, 0.6) is 0 Å². The first-order valence-electron chi connectivity index (χ1n) is 4.42. The van der Waals surface area contributed by atoms with E-state index in [9.17, 15) is 18.0 Å². The SMILES string of the molecule is O=C(Nc1ccc(F)c(F)c1F)c1cocn1. The average molecular weight is 242 g/mol. The number of halogens is 3. The van der Waals surface area contributed by atoms with Crippen LogP contribution in [0.2, 0.25) is 0 Å². The number of amides is 1. The number of hydrogen-bond donors (Lipinski definition) is 1. The molecule has 4 nitrogen and oxygen atoms in total. The summed E-state index contributed by atoms with van der Waals surface area (Å²) >= 11 is 0. The zero-order valence-electron chi connectivity index (χ0n) is 8.21. The molecule has 0 radical (unpaired) electrons. The highest BCUT2D eigenvalue weighted by Crippen LogP contribution is 2.20. The molecule has 0 saturated heterocycles. The minimum Gasteiger partial charge on any atom is -0.451 e. The monoisotopic (exact) mass is 242 g/mol. The number of aromatic nitrogens is 1. The first-order chi connectivity index (χ1) is 8.09. The molecule has 0 aliphatic carbocycles. The molecule has 2 aromatic rings. The molecule has 1 aromatic carbocycles. The van der Waals surface area contributed by atoms with Crippen LogP contribution in [0.4, 0.5) is 18.9 Å². The Morgan fingerprint density at radius 3 is 2.65 bits per heavy atom. The minimum absolute atomic E-state index is 0.103. The van der Waals surface area contributed by atoms with Crippen LogP contribution >= 0.6 is 0 Å². The van der Waals surface area contributed by atoms with Crippen LogP contribution in [0.3, 0.4) is 0 Å². The number of oxazole rings is 1. The molecular formula is C10H5F3N2O2. The lowest BCUT2D eigenvalue weighted by Crippen LogP contribution is -2.14. The Balaban J connectivity index is 2.25. The third-order valence-corrected chi connectivity index (χ3v) is 1.95. The molecule has 0 bridgehead atoms. The predicted molar refractivity (Wildman–Crippen MR) is 50.8 cm³/mol. The molecule has 0 fully saturated rings. The lowest BCUT2D eigenvalue weighted by Gasteiger charge is -2.05. The molecule has 0 unspecified atom stereocenters. The molecule has 0 atom stereocenters. The maximum atomic E-state index is 13.2. The van der Waals surface area contributed by atoms with Crippen molar-refractivity contribution in [2.45, 2.75) is 0 Å². The van der Waals surface area contributed by atoms with E-state index in [0.29, 0.717) is 6.07 Å². The number of anilines is 1. The van der Waals surface area contributed by atoms with E-state index in [1.165, 1.54) is 0 Å². The summed E-state index contributed by atoms with van der Waals surface area (Å²) in [4.78, 5) is 14.9. The minimum atomic E-state index is -1.65. The van der Waals surface area contributed by atoms with Crippen LogP contribution in [0, 0.1) is 17.5 Å². The second kappa shape index (κ2) is 4.28. The molecule has 2 rings (SSSR count). The van der Waals surface area contributed by atoms with Crippen LogP contribution in [-0.4, -0.2) is 10.9 Å². The molecule has 0 aliphatic heterocycles. The van der Waals surface area contributed by atoms with Crippen LogP contribution in [0.1, 0.15) is 10.5 Å². The maximum absolute atomic E-state index is 13.2. The largest absolute Gasteiger partial charge is 0.451 e. The molecule has 1 N–H and O–H groups in total. The number of nitrogens with one attached hydrogen (secondary N) is 1. The van der Waals surface area contributed by atoms with Gasteiger partial charge in [0.1, 0.15) is 6.26 Å². The molecule has 17 heavy (non-hydrogen) atoms. The van der Waals surface area contributed by atoms with Gasteiger partial charge in [-0.25, -0.2) is 18.2 Å². The normalized spacial score (nSPS) is 10.3. The van der Waals surface area contributed by atoms with E-state index < -0.39 is 29.0 Å². The Morgan fingerprint density at radius 1 is 1.24 bits per heavy atom. The van der Waals surface area contributed by atoms with Crippen molar-refractivity contribution in [1.82, 2.24) is 4.98 Å². The van der Waals surface area contributed by atoms with Crippen LogP contribution in [0.15, 0.2) is 29.2 Å². The topological polar surface area (TPSA) is 55.1 Å². The van der Waals surface area contributed by atoms with Gasteiger partial charge in [0.25, 0.3) is 5.91 Å². The summed E-state index contributed by atoms with van der Waals surface area (Å²) in [5, 5.41) is 2.04. The molecule has 88 valence electrons.